The molecule has 6 nitrogen and oxygen atoms in total. The van der Waals surface area contributed by atoms with E-state index in [1.54, 1.807) is 0 Å². The zero-order chi connectivity index (χ0) is 15.4. The Bertz CT molecular complexity index is 487. The third-order valence-electron chi connectivity index (χ3n) is 3.33. The van der Waals surface area contributed by atoms with Crippen molar-refractivity contribution in [2.24, 2.45) is 0 Å². The second-order valence-electron chi connectivity index (χ2n) is 5.50. The molecule has 0 saturated carbocycles. The summed E-state index contributed by atoms with van der Waals surface area (Å²) in [5.74, 6) is 0.276. The van der Waals surface area contributed by atoms with Crippen LogP contribution in [0, 0.1) is 0 Å². The smallest absolute Gasteiger partial charge is 0.267 e. The van der Waals surface area contributed by atoms with Crippen LogP contribution in [0.1, 0.15) is 43.3 Å². The van der Waals surface area contributed by atoms with E-state index in [0.29, 0.717) is 29.0 Å². The molecule has 0 radical (unpaired) electrons. The number of rotatable bonds is 5. The van der Waals surface area contributed by atoms with Gasteiger partial charge in [-0.05, 0) is 33.6 Å². The number of nitrogens with zero attached hydrogens (tertiary/aromatic N) is 2. The van der Waals surface area contributed by atoms with Gasteiger partial charge in [0, 0.05) is 25.7 Å². The van der Waals surface area contributed by atoms with Crippen LogP contribution in [0.3, 0.4) is 0 Å². The first kappa shape index (κ1) is 16.0. The van der Waals surface area contributed by atoms with Crippen molar-refractivity contribution < 1.29 is 9.53 Å². The Morgan fingerprint density at radius 2 is 2.38 bits per heavy atom. The molecule has 21 heavy (non-hydrogen) atoms. The Balaban J connectivity index is 2.07. The molecule has 1 aliphatic heterocycles. The molecule has 1 aromatic rings. The van der Waals surface area contributed by atoms with Gasteiger partial charge in [-0.25, -0.2) is 4.98 Å². The molecule has 1 aliphatic rings. The zero-order valence-electron chi connectivity index (χ0n) is 12.9. The topological polar surface area (TPSA) is 80.5 Å². The molecule has 1 amide bonds. The molecule has 0 aromatic carbocycles. The van der Waals surface area contributed by atoms with E-state index in [-0.39, 0.29) is 18.1 Å². The van der Waals surface area contributed by atoms with Crippen LogP contribution in [0.25, 0.3) is 0 Å². The van der Waals surface area contributed by atoms with Crippen molar-refractivity contribution >= 4 is 28.2 Å². The van der Waals surface area contributed by atoms with Crippen LogP contribution in [-0.4, -0.2) is 47.6 Å². The van der Waals surface area contributed by atoms with Crippen molar-refractivity contribution in [1.82, 2.24) is 9.88 Å². The van der Waals surface area contributed by atoms with Crippen LogP contribution in [-0.2, 0) is 4.74 Å². The van der Waals surface area contributed by atoms with E-state index < -0.39 is 0 Å². The number of carbonyl (C=O) groups is 1. The molecule has 3 N–H and O–H groups in total. The maximum Gasteiger partial charge on any atom is 0.267 e. The average molecular weight is 312 g/mol. The van der Waals surface area contributed by atoms with E-state index in [2.05, 4.69) is 10.3 Å². The predicted octanol–water partition coefficient (Wildman–Crippen LogP) is 2.19. The molecule has 1 saturated heterocycles. The number of aromatic nitrogens is 1. The summed E-state index contributed by atoms with van der Waals surface area (Å²) in [5, 5.41) is 3.88. The van der Waals surface area contributed by atoms with Gasteiger partial charge in [-0.1, -0.05) is 11.3 Å². The molecule has 1 fully saturated rings. The number of likely N-dealkylation sites (tertiary alicyclic amines) is 1. The van der Waals surface area contributed by atoms with Crippen molar-refractivity contribution in [3.8, 4) is 0 Å². The number of hydrogen-bond donors (Lipinski definition) is 2. The third kappa shape index (κ3) is 4.07. The Morgan fingerprint density at radius 3 is 3.05 bits per heavy atom. The van der Waals surface area contributed by atoms with Crippen molar-refractivity contribution in [3.05, 3.63) is 4.88 Å². The molecule has 1 atom stereocenters. The SMILES string of the molecule is CCOC1CCCN(C(=O)c2sc(NC(C)C)nc2N)C1. The van der Waals surface area contributed by atoms with Gasteiger partial charge in [0.2, 0.25) is 0 Å². The molecule has 1 aromatic heterocycles. The van der Waals surface area contributed by atoms with E-state index in [9.17, 15) is 4.79 Å². The molecule has 0 spiro atoms. The molecule has 2 heterocycles. The Morgan fingerprint density at radius 1 is 1.62 bits per heavy atom. The summed E-state index contributed by atoms with van der Waals surface area (Å²) in [6, 6.07) is 0.260. The molecule has 1 unspecified atom stereocenters. The zero-order valence-corrected chi connectivity index (χ0v) is 13.7. The highest BCUT2D eigenvalue weighted by Crippen LogP contribution is 2.28. The summed E-state index contributed by atoms with van der Waals surface area (Å²) >= 11 is 1.32. The Hall–Kier alpha value is -1.34. The quantitative estimate of drug-likeness (QED) is 0.871. The number of nitrogen functional groups attached to an aromatic ring is 1. The second-order valence-corrected chi connectivity index (χ2v) is 6.50. The molecular weight excluding hydrogens is 288 g/mol. The van der Waals surface area contributed by atoms with Crippen molar-refractivity contribution in [2.75, 3.05) is 30.7 Å². The van der Waals surface area contributed by atoms with Crippen LogP contribution in [0.4, 0.5) is 10.9 Å². The molecule has 0 aliphatic carbocycles. The van der Waals surface area contributed by atoms with Gasteiger partial charge < -0.3 is 20.7 Å². The summed E-state index contributed by atoms with van der Waals surface area (Å²) in [7, 11) is 0. The maximum atomic E-state index is 12.6. The van der Waals surface area contributed by atoms with Crippen LogP contribution >= 0.6 is 11.3 Å². The Labute approximate surface area is 129 Å². The van der Waals surface area contributed by atoms with E-state index in [1.165, 1.54) is 11.3 Å². The number of thiazole rings is 1. The maximum absolute atomic E-state index is 12.6. The predicted molar refractivity (Wildman–Crippen MR) is 85.8 cm³/mol. The van der Waals surface area contributed by atoms with Crippen LogP contribution in [0.15, 0.2) is 0 Å². The first-order valence-electron chi connectivity index (χ1n) is 7.45. The number of anilines is 2. The van der Waals surface area contributed by atoms with Crippen LogP contribution in [0.5, 0.6) is 0 Å². The lowest BCUT2D eigenvalue weighted by atomic mass is 10.1. The lowest BCUT2D eigenvalue weighted by Gasteiger charge is -2.32. The average Bonchev–Trinajstić information content (AvgIpc) is 2.78. The summed E-state index contributed by atoms with van der Waals surface area (Å²) in [6.07, 6.45) is 2.11. The highest BCUT2D eigenvalue weighted by Gasteiger charge is 2.27. The fourth-order valence-electron chi connectivity index (χ4n) is 2.43. The normalized spacial score (nSPS) is 19.0. The van der Waals surface area contributed by atoms with Gasteiger partial charge >= 0.3 is 0 Å². The summed E-state index contributed by atoms with van der Waals surface area (Å²) in [5.41, 5.74) is 5.90. The minimum Gasteiger partial charge on any atom is -0.382 e. The van der Waals surface area contributed by atoms with Crippen molar-refractivity contribution in [3.63, 3.8) is 0 Å². The number of amides is 1. The lowest BCUT2D eigenvalue weighted by molar-refractivity contribution is 0.00745. The molecular formula is C14H24N4O2S. The minimum atomic E-state index is -0.0359. The number of nitrogens with two attached hydrogens (primary N) is 1. The first-order valence-corrected chi connectivity index (χ1v) is 8.26. The number of carbonyl (C=O) groups excluding carboxylic acids is 1. The summed E-state index contributed by atoms with van der Waals surface area (Å²) in [6.45, 7) is 8.10. The number of ether oxygens (including phenoxy) is 1. The largest absolute Gasteiger partial charge is 0.382 e. The van der Waals surface area contributed by atoms with Crippen LogP contribution in [0.2, 0.25) is 0 Å². The van der Waals surface area contributed by atoms with Crippen LogP contribution < -0.4 is 11.1 Å². The number of nitrogens with one attached hydrogen (secondary N) is 1. The molecule has 118 valence electrons. The van der Waals surface area contributed by atoms with Gasteiger partial charge in [0.1, 0.15) is 10.7 Å². The highest BCUT2D eigenvalue weighted by atomic mass is 32.1. The van der Waals surface area contributed by atoms with Gasteiger partial charge in [-0.15, -0.1) is 0 Å². The molecule has 7 heteroatoms. The molecule has 2 rings (SSSR count). The van der Waals surface area contributed by atoms with E-state index >= 15 is 0 Å². The fraction of sp³-hybridized carbons (Fsp3) is 0.714. The van der Waals surface area contributed by atoms with Gasteiger partial charge in [0.05, 0.1) is 6.10 Å². The van der Waals surface area contributed by atoms with Gasteiger partial charge in [0.25, 0.3) is 5.91 Å². The highest BCUT2D eigenvalue weighted by molar-refractivity contribution is 7.18. The minimum absolute atomic E-state index is 0.0359. The molecule has 0 bridgehead atoms. The third-order valence-corrected chi connectivity index (χ3v) is 4.32. The van der Waals surface area contributed by atoms with Crippen molar-refractivity contribution in [2.45, 2.75) is 45.8 Å². The number of piperidine rings is 1. The van der Waals surface area contributed by atoms with Gasteiger partial charge in [-0.2, -0.15) is 0 Å². The van der Waals surface area contributed by atoms with E-state index in [1.807, 2.05) is 25.7 Å². The number of hydrogen-bond acceptors (Lipinski definition) is 6. The first-order chi connectivity index (χ1) is 10.0. The van der Waals surface area contributed by atoms with Gasteiger partial charge in [-0.3, -0.25) is 4.79 Å². The van der Waals surface area contributed by atoms with E-state index in [4.69, 9.17) is 10.5 Å². The summed E-state index contributed by atoms with van der Waals surface area (Å²) in [4.78, 5) is 19.2. The van der Waals surface area contributed by atoms with Gasteiger partial charge in [0.15, 0.2) is 5.13 Å². The monoisotopic (exact) mass is 312 g/mol. The lowest BCUT2D eigenvalue weighted by Crippen LogP contribution is -2.43. The standard InChI is InChI=1S/C14H24N4O2S/c1-4-20-10-6-5-7-18(8-10)13(19)11-12(15)17-14(21-11)16-9(2)3/h9-10H,4-8,15H2,1-3H3,(H,16,17). The Kier molecular flexibility index (Phi) is 5.41. The van der Waals surface area contributed by atoms with E-state index in [0.717, 1.165) is 19.4 Å². The summed E-state index contributed by atoms with van der Waals surface area (Å²) < 4.78 is 5.64. The van der Waals surface area contributed by atoms with Crippen molar-refractivity contribution in [1.29, 1.82) is 0 Å². The fourth-order valence-corrected chi connectivity index (χ4v) is 3.43. The second kappa shape index (κ2) is 7.09.